The van der Waals surface area contributed by atoms with Gasteiger partial charge in [-0.25, -0.2) is 0 Å². The summed E-state index contributed by atoms with van der Waals surface area (Å²) in [5, 5.41) is 4.00. The van der Waals surface area contributed by atoms with Gasteiger partial charge >= 0.3 is 0 Å². The van der Waals surface area contributed by atoms with Crippen LogP contribution < -0.4 is 19.5 Å². The van der Waals surface area contributed by atoms with E-state index in [2.05, 4.69) is 17.4 Å². The van der Waals surface area contributed by atoms with Gasteiger partial charge in [-0.05, 0) is 53.9 Å². The lowest BCUT2D eigenvalue weighted by molar-refractivity contribution is 0.284. The van der Waals surface area contributed by atoms with Gasteiger partial charge in [0.05, 0.1) is 19.2 Å². The zero-order chi connectivity index (χ0) is 20.5. The molecular weight excluding hydrogens is 421 g/mol. The van der Waals surface area contributed by atoms with E-state index in [0.29, 0.717) is 29.7 Å². The summed E-state index contributed by atoms with van der Waals surface area (Å²) >= 11 is 6.47. The maximum absolute atomic E-state index is 6.47. The average molecular weight is 448 g/mol. The molecule has 0 aliphatic rings. The molecule has 30 heavy (non-hydrogen) atoms. The van der Waals surface area contributed by atoms with Gasteiger partial charge in [-0.3, -0.25) is 0 Å². The summed E-state index contributed by atoms with van der Waals surface area (Å²) in [6, 6.07) is 22.0. The summed E-state index contributed by atoms with van der Waals surface area (Å²) in [7, 11) is 3.30. The van der Waals surface area contributed by atoms with Crippen LogP contribution in [0.15, 0.2) is 66.7 Å². The number of nitrogens with one attached hydrogen (secondary N) is 1. The molecule has 0 saturated heterocycles. The number of benzene rings is 3. The Morgan fingerprint density at radius 1 is 0.833 bits per heavy atom. The van der Waals surface area contributed by atoms with Crippen molar-refractivity contribution in [2.24, 2.45) is 0 Å². The lowest BCUT2D eigenvalue weighted by Crippen LogP contribution is -2.16. The topological polar surface area (TPSA) is 39.7 Å². The number of hydrogen-bond acceptors (Lipinski definition) is 4. The Hall–Kier alpha value is -2.40. The van der Waals surface area contributed by atoms with Gasteiger partial charge in [0, 0.05) is 6.54 Å². The smallest absolute Gasteiger partial charge is 0.180 e. The van der Waals surface area contributed by atoms with E-state index in [4.69, 9.17) is 25.8 Å². The number of halogens is 2. The summed E-state index contributed by atoms with van der Waals surface area (Å²) in [6.07, 6.45) is 0.938. The van der Waals surface area contributed by atoms with Crippen molar-refractivity contribution in [2.45, 2.75) is 19.6 Å². The molecule has 0 aliphatic heterocycles. The molecule has 0 bridgehead atoms. The SMILES string of the molecule is COc1ccc(CCNCc2cc(Cl)c(OCc3ccccc3)c(OC)c2)cc1.Cl. The molecule has 3 aromatic rings. The van der Waals surface area contributed by atoms with Crippen LogP contribution in [0.25, 0.3) is 0 Å². The van der Waals surface area contributed by atoms with Crippen LogP contribution in [0.3, 0.4) is 0 Å². The monoisotopic (exact) mass is 447 g/mol. The third-order valence-electron chi connectivity index (χ3n) is 4.59. The van der Waals surface area contributed by atoms with E-state index in [0.717, 1.165) is 29.8 Å². The Labute approximate surface area is 189 Å². The van der Waals surface area contributed by atoms with Crippen LogP contribution in [0.1, 0.15) is 16.7 Å². The standard InChI is InChI=1S/C24H26ClNO3.ClH/c1-27-21-10-8-18(9-11-21)12-13-26-16-20-14-22(25)24(23(15-20)28-2)29-17-19-6-4-3-5-7-19;/h3-11,14-15,26H,12-13,16-17H2,1-2H3;1H. The number of rotatable bonds is 10. The fraction of sp³-hybridized carbons (Fsp3) is 0.250. The highest BCUT2D eigenvalue weighted by atomic mass is 35.5. The van der Waals surface area contributed by atoms with Crippen LogP contribution in [0.4, 0.5) is 0 Å². The predicted molar refractivity (Wildman–Crippen MR) is 124 cm³/mol. The van der Waals surface area contributed by atoms with Crippen LogP contribution in [-0.4, -0.2) is 20.8 Å². The minimum Gasteiger partial charge on any atom is -0.497 e. The number of ether oxygens (including phenoxy) is 3. The lowest BCUT2D eigenvalue weighted by atomic mass is 10.1. The van der Waals surface area contributed by atoms with Crippen molar-refractivity contribution in [1.29, 1.82) is 0 Å². The maximum atomic E-state index is 6.47. The summed E-state index contributed by atoms with van der Waals surface area (Å²) < 4.78 is 16.6. The van der Waals surface area contributed by atoms with E-state index >= 15 is 0 Å². The summed E-state index contributed by atoms with van der Waals surface area (Å²) in [6.45, 7) is 2.00. The van der Waals surface area contributed by atoms with E-state index in [1.807, 2.05) is 54.6 Å². The first-order valence-electron chi connectivity index (χ1n) is 9.56. The van der Waals surface area contributed by atoms with Crippen molar-refractivity contribution in [3.8, 4) is 17.2 Å². The van der Waals surface area contributed by atoms with E-state index in [1.165, 1.54) is 5.56 Å². The van der Waals surface area contributed by atoms with Crippen LogP contribution in [0.2, 0.25) is 5.02 Å². The zero-order valence-electron chi connectivity index (χ0n) is 17.2. The predicted octanol–water partition coefficient (Wildman–Crippen LogP) is 5.69. The van der Waals surface area contributed by atoms with Gasteiger partial charge in [0.2, 0.25) is 0 Å². The maximum Gasteiger partial charge on any atom is 0.180 e. The van der Waals surface area contributed by atoms with Crippen LogP contribution in [-0.2, 0) is 19.6 Å². The molecule has 3 rings (SSSR count). The first-order chi connectivity index (χ1) is 14.2. The molecule has 1 N–H and O–H groups in total. The molecule has 4 nitrogen and oxygen atoms in total. The quantitative estimate of drug-likeness (QED) is 0.405. The van der Waals surface area contributed by atoms with Crippen molar-refractivity contribution >= 4 is 24.0 Å². The molecule has 6 heteroatoms. The van der Waals surface area contributed by atoms with E-state index in [1.54, 1.807) is 14.2 Å². The van der Waals surface area contributed by atoms with Gasteiger partial charge in [0.15, 0.2) is 11.5 Å². The minimum atomic E-state index is 0. The third-order valence-corrected chi connectivity index (χ3v) is 4.87. The Bertz CT molecular complexity index is 902. The summed E-state index contributed by atoms with van der Waals surface area (Å²) in [5.41, 5.74) is 3.39. The van der Waals surface area contributed by atoms with Gasteiger partial charge in [-0.15, -0.1) is 12.4 Å². The second-order valence-electron chi connectivity index (χ2n) is 6.66. The zero-order valence-corrected chi connectivity index (χ0v) is 18.8. The summed E-state index contributed by atoms with van der Waals surface area (Å²) in [5.74, 6) is 2.08. The fourth-order valence-electron chi connectivity index (χ4n) is 3.00. The van der Waals surface area contributed by atoms with Crippen molar-refractivity contribution in [2.75, 3.05) is 20.8 Å². The highest BCUT2D eigenvalue weighted by Gasteiger charge is 2.12. The van der Waals surface area contributed by atoms with Gasteiger partial charge < -0.3 is 19.5 Å². The average Bonchev–Trinajstić information content (AvgIpc) is 2.76. The second kappa shape index (κ2) is 12.3. The molecule has 0 radical (unpaired) electrons. The van der Waals surface area contributed by atoms with Crippen molar-refractivity contribution < 1.29 is 14.2 Å². The first kappa shape index (κ1) is 23.9. The second-order valence-corrected chi connectivity index (χ2v) is 7.07. The molecule has 0 unspecified atom stereocenters. The minimum absolute atomic E-state index is 0. The van der Waals surface area contributed by atoms with Crippen LogP contribution >= 0.6 is 24.0 Å². The number of methoxy groups -OCH3 is 2. The normalized spacial score (nSPS) is 10.2. The molecule has 0 heterocycles. The van der Waals surface area contributed by atoms with E-state index < -0.39 is 0 Å². The van der Waals surface area contributed by atoms with Crippen molar-refractivity contribution in [3.63, 3.8) is 0 Å². The fourth-order valence-corrected chi connectivity index (χ4v) is 3.29. The molecule has 3 aromatic carbocycles. The molecule has 0 fully saturated rings. The molecule has 0 atom stereocenters. The Morgan fingerprint density at radius 3 is 2.23 bits per heavy atom. The van der Waals surface area contributed by atoms with Gasteiger partial charge in [-0.2, -0.15) is 0 Å². The van der Waals surface area contributed by atoms with Gasteiger partial charge in [0.25, 0.3) is 0 Å². The largest absolute Gasteiger partial charge is 0.497 e. The lowest BCUT2D eigenvalue weighted by Gasteiger charge is -2.15. The third kappa shape index (κ3) is 6.84. The Morgan fingerprint density at radius 2 is 1.57 bits per heavy atom. The molecule has 0 aromatic heterocycles. The molecule has 0 aliphatic carbocycles. The Balaban J connectivity index is 0.00000320. The van der Waals surface area contributed by atoms with E-state index in [-0.39, 0.29) is 12.4 Å². The van der Waals surface area contributed by atoms with Gasteiger partial charge in [-0.1, -0.05) is 54.1 Å². The van der Waals surface area contributed by atoms with Crippen molar-refractivity contribution in [3.05, 3.63) is 88.4 Å². The highest BCUT2D eigenvalue weighted by molar-refractivity contribution is 6.32. The molecular formula is C24H27Cl2NO3. The molecule has 0 spiro atoms. The first-order valence-corrected chi connectivity index (χ1v) is 9.94. The van der Waals surface area contributed by atoms with Crippen molar-refractivity contribution in [1.82, 2.24) is 5.32 Å². The van der Waals surface area contributed by atoms with E-state index in [9.17, 15) is 0 Å². The summed E-state index contributed by atoms with van der Waals surface area (Å²) in [4.78, 5) is 0. The van der Waals surface area contributed by atoms with Crippen LogP contribution in [0.5, 0.6) is 17.2 Å². The molecule has 0 saturated carbocycles. The molecule has 0 amide bonds. The number of hydrogen-bond donors (Lipinski definition) is 1. The highest BCUT2D eigenvalue weighted by Crippen LogP contribution is 2.37. The van der Waals surface area contributed by atoms with Crippen LogP contribution in [0, 0.1) is 0 Å². The Kier molecular flexibility index (Phi) is 9.81. The molecule has 160 valence electrons. The van der Waals surface area contributed by atoms with Gasteiger partial charge in [0.1, 0.15) is 12.4 Å².